The summed E-state index contributed by atoms with van der Waals surface area (Å²) in [5.74, 6) is -0.595. The van der Waals surface area contributed by atoms with Crippen molar-refractivity contribution in [1.29, 1.82) is 0 Å². The van der Waals surface area contributed by atoms with Gasteiger partial charge in [0.05, 0.1) is 22.4 Å². The van der Waals surface area contributed by atoms with Crippen molar-refractivity contribution >= 4 is 41.0 Å². The van der Waals surface area contributed by atoms with E-state index in [0.717, 1.165) is 24.8 Å². The molecule has 1 unspecified atom stereocenters. The first-order chi connectivity index (χ1) is 21.2. The Labute approximate surface area is 260 Å². The summed E-state index contributed by atoms with van der Waals surface area (Å²) in [6.07, 6.45) is 8.31. The van der Waals surface area contributed by atoms with E-state index in [1.54, 1.807) is 36.7 Å². The van der Waals surface area contributed by atoms with Gasteiger partial charge in [-0.2, -0.15) is 0 Å². The van der Waals surface area contributed by atoms with Crippen molar-refractivity contribution in [2.75, 3.05) is 23.8 Å². The molecule has 1 aliphatic heterocycles. The maximum absolute atomic E-state index is 15.3. The van der Waals surface area contributed by atoms with Crippen molar-refractivity contribution in [3.8, 4) is 0 Å². The molecule has 2 aromatic heterocycles. The molecular formula is C32H36ClFN6O4. The van der Waals surface area contributed by atoms with Crippen LogP contribution in [-0.4, -0.2) is 58.0 Å². The molecule has 3 heterocycles. The summed E-state index contributed by atoms with van der Waals surface area (Å²) in [4.78, 5) is 49.1. The van der Waals surface area contributed by atoms with Gasteiger partial charge < -0.3 is 20.3 Å². The van der Waals surface area contributed by atoms with Crippen LogP contribution in [0.15, 0.2) is 61.1 Å². The summed E-state index contributed by atoms with van der Waals surface area (Å²) in [7, 11) is 0. The van der Waals surface area contributed by atoms with Gasteiger partial charge in [0.1, 0.15) is 17.7 Å². The van der Waals surface area contributed by atoms with Crippen LogP contribution in [0.3, 0.4) is 0 Å². The normalized spacial score (nSPS) is 19.2. The van der Waals surface area contributed by atoms with E-state index in [2.05, 4.69) is 25.9 Å². The summed E-state index contributed by atoms with van der Waals surface area (Å²) in [6, 6.07) is 9.83. The highest BCUT2D eigenvalue weighted by Gasteiger charge is 2.41. The zero-order chi connectivity index (χ0) is 31.3. The van der Waals surface area contributed by atoms with E-state index in [1.165, 1.54) is 24.1 Å². The highest BCUT2D eigenvalue weighted by Crippen LogP contribution is 2.42. The molecule has 1 aromatic carbocycles. The number of carbonyl (C=O) groups excluding carboxylic acids is 3. The first-order valence-electron chi connectivity index (χ1n) is 14.8. The topological polar surface area (TPSA) is 126 Å². The first-order valence-corrected chi connectivity index (χ1v) is 15.2. The van der Waals surface area contributed by atoms with Gasteiger partial charge >= 0.3 is 6.03 Å². The predicted molar refractivity (Wildman–Crippen MR) is 165 cm³/mol. The number of carbonyl (C=O) groups is 3. The predicted octanol–water partition coefficient (Wildman–Crippen LogP) is 5.49. The molecule has 0 bridgehead atoms. The van der Waals surface area contributed by atoms with Crippen molar-refractivity contribution in [1.82, 2.24) is 20.2 Å². The van der Waals surface area contributed by atoms with Crippen molar-refractivity contribution in [2.45, 2.75) is 63.6 Å². The van der Waals surface area contributed by atoms with Crippen LogP contribution < -0.4 is 16.0 Å². The minimum absolute atomic E-state index is 0.0534. The molecule has 0 spiro atoms. The monoisotopic (exact) mass is 622 g/mol. The number of nitrogens with one attached hydrogen (secondary N) is 3. The maximum atomic E-state index is 15.3. The largest absolute Gasteiger partial charge is 0.377 e. The van der Waals surface area contributed by atoms with Crippen molar-refractivity contribution in [3.05, 3.63) is 83.0 Å². The molecule has 10 nitrogen and oxygen atoms in total. The number of hydrogen-bond donors (Lipinski definition) is 3. The number of rotatable bonds is 11. The molecule has 5 rings (SSSR count). The molecule has 232 valence electrons. The third-order valence-corrected chi connectivity index (χ3v) is 8.32. The van der Waals surface area contributed by atoms with E-state index in [-0.39, 0.29) is 36.5 Å². The average molecular weight is 623 g/mol. The van der Waals surface area contributed by atoms with Gasteiger partial charge in [0, 0.05) is 45.1 Å². The summed E-state index contributed by atoms with van der Waals surface area (Å²) < 4.78 is 21.1. The third-order valence-electron chi connectivity index (χ3n) is 8.10. The average Bonchev–Trinajstić information content (AvgIpc) is 3.75. The van der Waals surface area contributed by atoms with Gasteiger partial charge in [-0.15, -0.1) is 0 Å². The maximum Gasteiger partial charge on any atom is 0.323 e. The number of pyridine rings is 2. The Bertz CT molecular complexity index is 1490. The number of benzene rings is 1. The quantitative estimate of drug-likeness (QED) is 0.260. The number of ether oxygens (including phenoxy) is 1. The smallest absolute Gasteiger partial charge is 0.323 e. The Kier molecular flexibility index (Phi) is 9.75. The van der Waals surface area contributed by atoms with Gasteiger partial charge in [0.25, 0.3) is 0 Å². The van der Waals surface area contributed by atoms with Crippen LogP contribution in [0.1, 0.15) is 57.1 Å². The lowest BCUT2D eigenvalue weighted by molar-refractivity contribution is -0.121. The van der Waals surface area contributed by atoms with E-state index in [1.807, 2.05) is 19.1 Å². The molecule has 12 heteroatoms. The van der Waals surface area contributed by atoms with Crippen molar-refractivity contribution in [2.24, 2.45) is 5.92 Å². The van der Waals surface area contributed by atoms with Crippen LogP contribution in [0.2, 0.25) is 5.02 Å². The summed E-state index contributed by atoms with van der Waals surface area (Å²) >= 11 is 5.91. The van der Waals surface area contributed by atoms with E-state index in [9.17, 15) is 14.4 Å². The van der Waals surface area contributed by atoms with E-state index >= 15 is 4.39 Å². The molecule has 3 aromatic rings. The number of halogens is 2. The zero-order valence-corrected chi connectivity index (χ0v) is 25.4. The lowest BCUT2D eigenvalue weighted by atomic mass is 9.78. The number of aromatic nitrogens is 2. The van der Waals surface area contributed by atoms with Crippen LogP contribution in [0.25, 0.3) is 0 Å². The highest BCUT2D eigenvalue weighted by molar-refractivity contribution is 6.30. The standard InChI is InChI=1S/C32H36ClFN6O4/c1-3-44-25-17-28(40(19-25)31(43)38-29-9-7-24(33)18-36-29)30(42)37-27-16-23(6-8-26(27)34)32(39-20(2)41,13-10-21-4-5-21)22-11-14-35-15-12-22/h6-9,11-12,14-16,18,21,25,28H,3-5,10,13,17,19H2,1-2H3,(H,37,42)(H,39,41)(H,36,38,43)/t25-,28-,32?/m1/s1. The molecule has 0 radical (unpaired) electrons. The number of amides is 4. The fourth-order valence-corrected chi connectivity index (χ4v) is 5.90. The number of hydrogen-bond acceptors (Lipinski definition) is 6. The lowest BCUT2D eigenvalue weighted by Gasteiger charge is -2.36. The van der Waals surface area contributed by atoms with E-state index < -0.39 is 29.3 Å². The molecule has 1 saturated carbocycles. The summed E-state index contributed by atoms with van der Waals surface area (Å²) in [5, 5.41) is 8.96. The van der Waals surface area contributed by atoms with Crippen LogP contribution in [0, 0.1) is 11.7 Å². The van der Waals surface area contributed by atoms with Crippen molar-refractivity contribution in [3.63, 3.8) is 0 Å². The fourth-order valence-electron chi connectivity index (χ4n) is 5.79. The molecule has 3 atom stereocenters. The summed E-state index contributed by atoms with van der Waals surface area (Å²) in [6.45, 7) is 3.87. The Morgan fingerprint density at radius 3 is 2.52 bits per heavy atom. The molecule has 3 N–H and O–H groups in total. The Morgan fingerprint density at radius 2 is 1.86 bits per heavy atom. The zero-order valence-electron chi connectivity index (χ0n) is 24.7. The number of nitrogens with zero attached hydrogens (tertiary/aromatic N) is 3. The number of urea groups is 1. The van der Waals surface area contributed by atoms with Gasteiger partial charge in [-0.05, 0) is 73.2 Å². The van der Waals surface area contributed by atoms with Crippen LogP contribution >= 0.6 is 11.6 Å². The minimum atomic E-state index is -0.963. The molecule has 44 heavy (non-hydrogen) atoms. The van der Waals surface area contributed by atoms with Crippen LogP contribution in [0.5, 0.6) is 0 Å². The second-order valence-electron chi connectivity index (χ2n) is 11.3. The minimum Gasteiger partial charge on any atom is -0.377 e. The number of anilines is 2. The van der Waals surface area contributed by atoms with Crippen molar-refractivity contribution < 1.29 is 23.5 Å². The second-order valence-corrected chi connectivity index (χ2v) is 11.7. The Balaban J connectivity index is 1.43. The third kappa shape index (κ3) is 7.34. The fraction of sp³-hybridized carbons (Fsp3) is 0.406. The Morgan fingerprint density at radius 1 is 1.09 bits per heavy atom. The molecular weight excluding hydrogens is 587 g/mol. The highest BCUT2D eigenvalue weighted by atomic mass is 35.5. The molecule has 2 fully saturated rings. The molecule has 4 amide bonds. The summed E-state index contributed by atoms with van der Waals surface area (Å²) in [5.41, 5.74) is 0.414. The molecule has 1 aliphatic carbocycles. The van der Waals surface area contributed by atoms with Crippen LogP contribution in [-0.2, 0) is 19.9 Å². The molecule has 2 aliphatic rings. The van der Waals surface area contributed by atoms with Gasteiger partial charge in [-0.25, -0.2) is 14.2 Å². The van der Waals surface area contributed by atoms with Gasteiger partial charge in [-0.1, -0.05) is 30.5 Å². The second kappa shape index (κ2) is 13.7. The van der Waals surface area contributed by atoms with Gasteiger partial charge in [-0.3, -0.25) is 19.9 Å². The van der Waals surface area contributed by atoms with E-state index in [0.29, 0.717) is 29.5 Å². The first kappa shape index (κ1) is 31.3. The Hall–Kier alpha value is -4.09. The number of likely N-dealkylation sites (tertiary alicyclic amines) is 1. The molecule has 1 saturated heterocycles. The van der Waals surface area contributed by atoms with E-state index in [4.69, 9.17) is 16.3 Å². The van der Waals surface area contributed by atoms with Gasteiger partial charge in [0.15, 0.2) is 0 Å². The van der Waals surface area contributed by atoms with Crippen LogP contribution in [0.4, 0.5) is 20.7 Å². The van der Waals surface area contributed by atoms with Gasteiger partial charge in [0.2, 0.25) is 11.8 Å². The SMILES string of the molecule is CCO[C@@H]1C[C@H](C(=O)Nc2cc(C(CCC3CC3)(NC(C)=O)c3ccncc3)ccc2F)N(C(=O)Nc2ccc(Cl)cn2)C1. The lowest BCUT2D eigenvalue weighted by Crippen LogP contribution is -2.46.